The van der Waals surface area contributed by atoms with Gasteiger partial charge in [0.2, 0.25) is 5.91 Å². The van der Waals surface area contributed by atoms with Crippen LogP contribution >= 0.6 is 0 Å². The normalized spacial score (nSPS) is 15.5. The van der Waals surface area contributed by atoms with E-state index in [4.69, 9.17) is 15.6 Å². The molecule has 1 aromatic carbocycles. The summed E-state index contributed by atoms with van der Waals surface area (Å²) in [6, 6.07) is 6.24. The van der Waals surface area contributed by atoms with Gasteiger partial charge in [-0.05, 0) is 58.6 Å². The maximum Gasteiger partial charge on any atom is 0.336 e. The van der Waals surface area contributed by atoms with Crippen LogP contribution in [-0.2, 0) is 14.3 Å². The second-order valence-electron chi connectivity index (χ2n) is 9.86. The Balaban J connectivity index is -0.000000486. The first kappa shape index (κ1) is 43.3. The van der Waals surface area contributed by atoms with Gasteiger partial charge in [0, 0.05) is 24.3 Å². The lowest BCUT2D eigenvalue weighted by Gasteiger charge is -2.08. The summed E-state index contributed by atoms with van der Waals surface area (Å²) in [5.41, 5.74) is 5.73. The lowest BCUT2D eigenvalue weighted by atomic mass is 10.0. The molecular formula is C34H58N2O6. The molecule has 0 saturated carbocycles. The molecule has 0 radical (unpaired) electrons. The molecule has 1 aromatic rings. The van der Waals surface area contributed by atoms with E-state index < -0.39 is 5.97 Å². The number of unbranched alkanes of at least 4 members (excludes halogenated alkanes) is 1. The molecule has 2 unspecified atom stereocenters. The SMILES string of the molecule is C/C=C\C(N)=NC(=O)CCC.CC.CC(=O)C(C)C.CCC(=O)c1ccccc1C(=O)O.CCCCC1CCC(C)O1. The number of carbonyl (C=O) groups excluding carboxylic acids is 3. The Bertz CT molecular complexity index is 953. The van der Waals surface area contributed by atoms with E-state index in [0.717, 1.165) is 6.42 Å². The highest BCUT2D eigenvalue weighted by atomic mass is 16.5. The third-order valence-corrected chi connectivity index (χ3v) is 5.85. The number of rotatable bonds is 10. The van der Waals surface area contributed by atoms with Crippen LogP contribution in [0.3, 0.4) is 0 Å². The molecule has 0 bridgehead atoms. The van der Waals surface area contributed by atoms with Gasteiger partial charge in [-0.25, -0.2) is 4.79 Å². The minimum Gasteiger partial charge on any atom is -0.478 e. The first-order valence-electron chi connectivity index (χ1n) is 15.3. The van der Waals surface area contributed by atoms with E-state index in [0.29, 0.717) is 25.0 Å². The Morgan fingerprint density at radius 2 is 1.60 bits per heavy atom. The van der Waals surface area contributed by atoms with Gasteiger partial charge >= 0.3 is 5.97 Å². The number of allylic oxidation sites excluding steroid dienone is 1. The number of nitrogens with two attached hydrogens (primary N) is 1. The van der Waals surface area contributed by atoms with E-state index in [9.17, 15) is 19.2 Å². The van der Waals surface area contributed by atoms with Crippen molar-refractivity contribution in [2.45, 2.75) is 133 Å². The molecule has 1 saturated heterocycles. The number of carboxylic acids is 1. The summed E-state index contributed by atoms with van der Waals surface area (Å²) in [6.07, 6.45) is 12.6. The smallest absolute Gasteiger partial charge is 0.336 e. The maximum atomic E-state index is 11.3. The fourth-order valence-electron chi connectivity index (χ4n) is 3.25. The van der Waals surface area contributed by atoms with Crippen LogP contribution in [0.4, 0.5) is 0 Å². The van der Waals surface area contributed by atoms with E-state index in [1.54, 1.807) is 38.1 Å². The van der Waals surface area contributed by atoms with Crippen molar-refractivity contribution < 1.29 is 29.0 Å². The Labute approximate surface area is 255 Å². The Kier molecular flexibility index (Phi) is 28.9. The van der Waals surface area contributed by atoms with Crippen molar-refractivity contribution in [2.24, 2.45) is 16.6 Å². The molecule has 1 fully saturated rings. The number of nitrogens with zero attached hydrogens (tertiary/aromatic N) is 1. The van der Waals surface area contributed by atoms with Gasteiger partial charge in [0.05, 0.1) is 17.8 Å². The fourth-order valence-corrected chi connectivity index (χ4v) is 3.25. The van der Waals surface area contributed by atoms with Crippen LogP contribution < -0.4 is 5.73 Å². The highest BCUT2D eigenvalue weighted by molar-refractivity contribution is 6.05. The Hall–Kier alpha value is -3.13. The molecular weight excluding hydrogens is 532 g/mol. The van der Waals surface area contributed by atoms with Crippen LogP contribution in [0.2, 0.25) is 0 Å². The van der Waals surface area contributed by atoms with Crippen molar-refractivity contribution in [3.63, 3.8) is 0 Å². The number of Topliss-reactive ketones (excluding diaryl/α,β-unsaturated/α-hetero) is 2. The highest BCUT2D eigenvalue weighted by Gasteiger charge is 2.20. The maximum absolute atomic E-state index is 11.3. The van der Waals surface area contributed by atoms with E-state index in [1.165, 1.54) is 44.2 Å². The molecule has 1 aliphatic heterocycles. The van der Waals surface area contributed by atoms with Crippen molar-refractivity contribution in [3.8, 4) is 0 Å². The average molecular weight is 591 g/mol. The molecule has 8 nitrogen and oxygen atoms in total. The van der Waals surface area contributed by atoms with Crippen LogP contribution in [0.25, 0.3) is 0 Å². The number of hydrogen-bond donors (Lipinski definition) is 2. The van der Waals surface area contributed by atoms with Gasteiger partial charge in [0.1, 0.15) is 11.6 Å². The summed E-state index contributed by atoms with van der Waals surface area (Å²) < 4.78 is 5.66. The van der Waals surface area contributed by atoms with Crippen molar-refractivity contribution in [3.05, 3.63) is 47.5 Å². The van der Waals surface area contributed by atoms with Crippen molar-refractivity contribution in [2.75, 3.05) is 0 Å². The zero-order valence-electron chi connectivity index (χ0n) is 27.9. The number of ketones is 2. The second kappa shape index (κ2) is 28.0. The molecule has 0 aliphatic carbocycles. The van der Waals surface area contributed by atoms with Crippen LogP contribution in [0.15, 0.2) is 41.4 Å². The van der Waals surface area contributed by atoms with E-state index >= 15 is 0 Å². The van der Waals surface area contributed by atoms with Gasteiger partial charge in [0.15, 0.2) is 5.78 Å². The molecule has 2 atom stereocenters. The van der Waals surface area contributed by atoms with Gasteiger partial charge in [-0.15, -0.1) is 0 Å². The molecule has 0 aromatic heterocycles. The number of aliphatic imine (C=N–C) groups is 1. The van der Waals surface area contributed by atoms with Crippen molar-refractivity contribution >= 4 is 29.3 Å². The summed E-state index contributed by atoms with van der Waals surface area (Å²) in [5.74, 6) is -0.593. The Morgan fingerprint density at radius 1 is 1.05 bits per heavy atom. The zero-order chi connectivity index (χ0) is 33.1. The molecule has 1 aliphatic rings. The monoisotopic (exact) mass is 590 g/mol. The number of amidine groups is 1. The second-order valence-corrected chi connectivity index (χ2v) is 9.86. The highest BCUT2D eigenvalue weighted by Crippen LogP contribution is 2.22. The molecule has 3 N–H and O–H groups in total. The number of ether oxygens (including phenoxy) is 1. The Morgan fingerprint density at radius 3 is 1.98 bits per heavy atom. The van der Waals surface area contributed by atoms with E-state index in [1.807, 2.05) is 41.5 Å². The minimum absolute atomic E-state index is 0.0781. The van der Waals surface area contributed by atoms with Gasteiger partial charge in [-0.3, -0.25) is 14.4 Å². The number of benzene rings is 1. The van der Waals surface area contributed by atoms with Gasteiger partial charge in [-0.2, -0.15) is 4.99 Å². The first-order valence-corrected chi connectivity index (χ1v) is 15.3. The zero-order valence-corrected chi connectivity index (χ0v) is 27.9. The molecule has 8 heteroatoms. The van der Waals surface area contributed by atoms with Crippen LogP contribution in [-0.4, -0.2) is 46.6 Å². The quantitative estimate of drug-likeness (QED) is 0.159. The number of hydrogen-bond acceptors (Lipinski definition) is 5. The third-order valence-electron chi connectivity index (χ3n) is 5.85. The molecule has 2 rings (SSSR count). The number of carbonyl (C=O) groups is 4. The van der Waals surface area contributed by atoms with E-state index in [-0.39, 0.29) is 40.4 Å². The van der Waals surface area contributed by atoms with Crippen molar-refractivity contribution in [1.29, 1.82) is 0 Å². The first-order chi connectivity index (χ1) is 19.8. The topological polar surface area (TPSA) is 136 Å². The third kappa shape index (κ3) is 23.6. The summed E-state index contributed by atoms with van der Waals surface area (Å²) in [7, 11) is 0. The molecule has 1 amide bonds. The molecule has 42 heavy (non-hydrogen) atoms. The lowest BCUT2D eigenvalue weighted by Crippen LogP contribution is -2.10. The summed E-state index contributed by atoms with van der Waals surface area (Å²) >= 11 is 0. The van der Waals surface area contributed by atoms with Gasteiger partial charge < -0.3 is 15.6 Å². The predicted octanol–water partition coefficient (Wildman–Crippen LogP) is 8.23. The minimum atomic E-state index is -1.06. The summed E-state index contributed by atoms with van der Waals surface area (Å²) in [5, 5.41) is 8.76. The van der Waals surface area contributed by atoms with E-state index in [2.05, 4.69) is 18.8 Å². The summed E-state index contributed by atoms with van der Waals surface area (Å²) in [6.45, 7) is 19.3. The predicted molar refractivity (Wildman–Crippen MR) is 174 cm³/mol. The van der Waals surface area contributed by atoms with Crippen LogP contribution in [0.5, 0.6) is 0 Å². The molecule has 0 spiro atoms. The standard InChI is InChI=1S/C10H10O3.C9H18O.C8H14N2O.C5H10O.C2H6/c1-2-9(11)7-5-3-4-6-8(7)10(12)13;1-3-4-5-9-7-6-8(2)10-9;1-3-5-7(9)10-8(11)6-4-2;1-4(2)5(3)6;1-2/h3-6H,2H2,1H3,(H,12,13);8-9H,3-7H2,1-2H3;3,5H,4,6H2,1-2H3,(H2,9,10,11);4H,1-3H3;1-2H3/b;;5-3-;;. The lowest BCUT2D eigenvalue weighted by molar-refractivity contribution is -0.120. The summed E-state index contributed by atoms with van der Waals surface area (Å²) in [4.78, 5) is 46.6. The number of amides is 1. The number of aromatic carboxylic acids is 1. The van der Waals surface area contributed by atoms with Gasteiger partial charge in [0.25, 0.3) is 0 Å². The fraction of sp³-hybridized carbons (Fsp3) is 0.618. The largest absolute Gasteiger partial charge is 0.478 e. The van der Waals surface area contributed by atoms with Crippen molar-refractivity contribution in [1.82, 2.24) is 0 Å². The van der Waals surface area contributed by atoms with Gasteiger partial charge in [-0.1, -0.05) is 85.6 Å². The number of carboxylic acid groups (broad SMARTS) is 1. The van der Waals surface area contributed by atoms with Crippen LogP contribution in [0, 0.1) is 5.92 Å². The average Bonchev–Trinajstić information content (AvgIpc) is 3.38. The van der Waals surface area contributed by atoms with Crippen LogP contribution in [0.1, 0.15) is 141 Å². The molecule has 240 valence electrons. The molecule has 1 heterocycles.